The first kappa shape index (κ1) is 33.1. The minimum Gasteiger partial charge on any atom is -0.255 e. The average molecular weight is 824 g/mol. The molecule has 3 aromatic carbocycles. The van der Waals surface area contributed by atoms with E-state index in [-0.39, 0.29) is 109 Å². The van der Waals surface area contributed by atoms with E-state index in [0.717, 1.165) is 0 Å². The maximum atomic E-state index is 6.70. The molecule has 4 rings (SSSR count). The fourth-order valence-corrected chi connectivity index (χ4v) is 7.58. The van der Waals surface area contributed by atoms with Gasteiger partial charge in [-0.25, -0.2) is 0 Å². The van der Waals surface area contributed by atoms with Gasteiger partial charge in [0.05, 0.1) is 81.0 Å². The summed E-state index contributed by atoms with van der Waals surface area (Å²) in [7, 11) is 0. The van der Waals surface area contributed by atoms with Gasteiger partial charge in [0.2, 0.25) is 0 Å². The van der Waals surface area contributed by atoms with Crippen molar-refractivity contribution >= 4 is 174 Å². The zero-order valence-electron chi connectivity index (χ0n) is 17.8. The van der Waals surface area contributed by atoms with Gasteiger partial charge in [-0.1, -0.05) is 174 Å². The molecule has 0 aliphatic heterocycles. The SMILES string of the molecule is Clc1c(Cl)c(Cl)c(-c2ccnc(-c3c(Cl)c(Cl)c(Cl)c(Cl)c3Cl)c2-c2c(Cl)c(Cl)c(Cl)c(Cl)c2Cl)c(Cl)c1Cl. The van der Waals surface area contributed by atoms with Crippen LogP contribution in [0.3, 0.4) is 0 Å². The molecule has 0 atom stereocenters. The molecule has 1 aromatic heterocycles. The second-order valence-electron chi connectivity index (χ2n) is 7.42. The topological polar surface area (TPSA) is 12.9 Å². The van der Waals surface area contributed by atoms with Crippen LogP contribution in [0, 0.1) is 0 Å². The lowest BCUT2D eigenvalue weighted by Gasteiger charge is -2.22. The first-order valence-electron chi connectivity index (χ1n) is 9.69. The minimum atomic E-state index is -0.114. The Balaban J connectivity index is 2.34. The quantitative estimate of drug-likeness (QED) is 0.148. The van der Waals surface area contributed by atoms with Crippen molar-refractivity contribution < 1.29 is 0 Å². The summed E-state index contributed by atoms with van der Waals surface area (Å²) in [5, 5.41) is -1.33. The molecule has 0 fully saturated rings. The summed E-state index contributed by atoms with van der Waals surface area (Å²) in [5.41, 5.74) is 0.661. The molecule has 16 heteroatoms. The monoisotopic (exact) mass is 817 g/mol. The third kappa shape index (κ3) is 5.50. The molecule has 0 unspecified atom stereocenters. The van der Waals surface area contributed by atoms with Gasteiger partial charge in [0.15, 0.2) is 0 Å². The van der Waals surface area contributed by atoms with Gasteiger partial charge in [-0.3, -0.25) is 4.98 Å². The Hall–Kier alpha value is 1.16. The Morgan fingerprint density at radius 1 is 0.308 bits per heavy atom. The van der Waals surface area contributed by atoms with Crippen LogP contribution in [0.4, 0.5) is 0 Å². The van der Waals surface area contributed by atoms with Crippen molar-refractivity contribution in [2.75, 3.05) is 0 Å². The Labute approximate surface area is 296 Å². The summed E-state index contributed by atoms with van der Waals surface area (Å²) in [6.45, 7) is 0. The highest BCUT2D eigenvalue weighted by Crippen LogP contribution is 2.57. The Kier molecular flexibility index (Phi) is 10.7. The molecule has 0 N–H and O–H groups in total. The number of aromatic nitrogens is 1. The third-order valence-electron chi connectivity index (χ3n) is 5.34. The molecule has 0 radical (unpaired) electrons. The van der Waals surface area contributed by atoms with Crippen molar-refractivity contribution in [2.45, 2.75) is 0 Å². The first-order valence-corrected chi connectivity index (χ1v) is 15.4. The third-order valence-corrected chi connectivity index (χ3v) is 12.2. The Morgan fingerprint density at radius 2 is 0.590 bits per heavy atom. The molecular formula is C23H2Cl15N. The van der Waals surface area contributed by atoms with Crippen molar-refractivity contribution in [3.63, 3.8) is 0 Å². The van der Waals surface area contributed by atoms with E-state index >= 15 is 0 Å². The van der Waals surface area contributed by atoms with Crippen LogP contribution in [0.15, 0.2) is 12.3 Å². The van der Waals surface area contributed by atoms with Gasteiger partial charge in [0.1, 0.15) is 0 Å². The maximum Gasteiger partial charge on any atom is 0.0818 e. The number of nitrogens with zero attached hydrogens (tertiary/aromatic N) is 1. The van der Waals surface area contributed by atoms with Gasteiger partial charge >= 0.3 is 0 Å². The van der Waals surface area contributed by atoms with Crippen LogP contribution in [0.2, 0.25) is 75.3 Å². The van der Waals surface area contributed by atoms with Gasteiger partial charge in [-0.05, 0) is 11.6 Å². The molecule has 0 spiro atoms. The van der Waals surface area contributed by atoms with Crippen LogP contribution in [0.5, 0.6) is 0 Å². The van der Waals surface area contributed by atoms with E-state index in [0.29, 0.717) is 0 Å². The van der Waals surface area contributed by atoms with E-state index < -0.39 is 0 Å². The summed E-state index contributed by atoms with van der Waals surface area (Å²) >= 11 is 96.9. The summed E-state index contributed by atoms with van der Waals surface area (Å²) in [5.74, 6) is 0. The lowest BCUT2D eigenvalue weighted by Crippen LogP contribution is -1.99. The fraction of sp³-hybridized carbons (Fsp3) is 0. The van der Waals surface area contributed by atoms with Crippen molar-refractivity contribution in [2.24, 2.45) is 0 Å². The highest BCUT2D eigenvalue weighted by molar-refractivity contribution is 6.59. The van der Waals surface area contributed by atoms with Crippen LogP contribution in [-0.2, 0) is 0 Å². The predicted octanol–water partition coefficient (Wildman–Crippen LogP) is 15.9. The van der Waals surface area contributed by atoms with E-state index in [9.17, 15) is 0 Å². The number of benzene rings is 3. The molecule has 204 valence electrons. The lowest BCUT2D eigenvalue weighted by atomic mass is 9.90. The van der Waals surface area contributed by atoms with Gasteiger partial charge in [-0.15, -0.1) is 0 Å². The normalized spacial score (nSPS) is 11.5. The molecule has 39 heavy (non-hydrogen) atoms. The van der Waals surface area contributed by atoms with Crippen LogP contribution in [0.25, 0.3) is 33.5 Å². The highest BCUT2D eigenvalue weighted by Gasteiger charge is 2.31. The molecular weight excluding hydrogens is 822 g/mol. The van der Waals surface area contributed by atoms with Crippen molar-refractivity contribution in [3.8, 4) is 33.5 Å². The smallest absolute Gasteiger partial charge is 0.0818 e. The largest absolute Gasteiger partial charge is 0.255 e. The van der Waals surface area contributed by atoms with Gasteiger partial charge in [0, 0.05) is 28.5 Å². The summed E-state index contributed by atoms with van der Waals surface area (Å²) < 4.78 is 0. The van der Waals surface area contributed by atoms with Crippen molar-refractivity contribution in [3.05, 3.63) is 87.6 Å². The lowest BCUT2D eigenvalue weighted by molar-refractivity contribution is 1.32. The second-order valence-corrected chi connectivity index (χ2v) is 13.1. The first-order chi connectivity index (χ1) is 18.1. The van der Waals surface area contributed by atoms with Gasteiger partial charge < -0.3 is 0 Å². The van der Waals surface area contributed by atoms with Crippen LogP contribution in [0.1, 0.15) is 0 Å². The molecule has 0 saturated carbocycles. The van der Waals surface area contributed by atoms with E-state index in [2.05, 4.69) is 4.98 Å². The standard InChI is InChI=1S/C23H2Cl15N/c24-8-5(9(25)15(31)20(36)14(8)30)3-1-2-39-23(7-12(28)18(34)22(38)19(35)13(7)29)4(3)6-10(26)16(32)21(37)17(33)11(6)27/h1-2H. The summed E-state index contributed by atoms with van der Waals surface area (Å²) in [6, 6.07) is 1.52. The predicted molar refractivity (Wildman–Crippen MR) is 176 cm³/mol. The van der Waals surface area contributed by atoms with E-state index in [4.69, 9.17) is 174 Å². The molecule has 0 aliphatic rings. The van der Waals surface area contributed by atoms with Crippen molar-refractivity contribution in [1.29, 1.82) is 0 Å². The Morgan fingerprint density at radius 3 is 0.949 bits per heavy atom. The number of halogens is 15. The second kappa shape index (κ2) is 12.6. The summed E-state index contributed by atoms with van der Waals surface area (Å²) in [4.78, 5) is 4.49. The fourth-order valence-electron chi connectivity index (χ4n) is 3.59. The molecule has 4 aromatic rings. The molecule has 0 bridgehead atoms. The van der Waals surface area contributed by atoms with E-state index in [1.54, 1.807) is 0 Å². The number of hydrogen-bond acceptors (Lipinski definition) is 1. The molecule has 0 aliphatic carbocycles. The van der Waals surface area contributed by atoms with E-state index in [1.807, 2.05) is 0 Å². The highest BCUT2D eigenvalue weighted by atomic mass is 35.5. The van der Waals surface area contributed by atoms with Crippen LogP contribution < -0.4 is 0 Å². The maximum absolute atomic E-state index is 6.70. The van der Waals surface area contributed by atoms with Gasteiger partial charge in [-0.2, -0.15) is 0 Å². The van der Waals surface area contributed by atoms with Crippen LogP contribution >= 0.6 is 174 Å². The number of rotatable bonds is 3. The number of pyridine rings is 1. The van der Waals surface area contributed by atoms with Gasteiger partial charge in [0.25, 0.3) is 0 Å². The molecule has 0 saturated heterocycles. The van der Waals surface area contributed by atoms with Crippen LogP contribution in [-0.4, -0.2) is 4.98 Å². The number of hydrogen-bond donors (Lipinski definition) is 0. The average Bonchev–Trinajstić information content (AvgIpc) is 2.92. The molecule has 0 amide bonds. The summed E-state index contributed by atoms with van der Waals surface area (Å²) in [6.07, 6.45) is 1.39. The molecule has 1 nitrogen and oxygen atoms in total. The zero-order chi connectivity index (χ0) is 29.2. The van der Waals surface area contributed by atoms with E-state index in [1.165, 1.54) is 12.3 Å². The zero-order valence-corrected chi connectivity index (χ0v) is 29.1. The van der Waals surface area contributed by atoms with Crippen molar-refractivity contribution in [1.82, 2.24) is 4.98 Å². The minimum absolute atomic E-state index is 0.0514. The molecule has 1 heterocycles. The Bertz CT molecular complexity index is 1540.